The molecule has 0 aromatic heterocycles. The Labute approximate surface area is 125 Å². The van der Waals surface area contributed by atoms with Gasteiger partial charge in [0.2, 0.25) is 0 Å². The molecule has 0 aliphatic rings. The van der Waals surface area contributed by atoms with Crippen LogP contribution in [0.3, 0.4) is 0 Å². The average Bonchev–Trinajstić information content (AvgIpc) is 2.40. The fourth-order valence-corrected chi connectivity index (χ4v) is 2.04. The summed E-state index contributed by atoms with van der Waals surface area (Å²) in [6.07, 6.45) is 0. The summed E-state index contributed by atoms with van der Waals surface area (Å²) in [6.45, 7) is 6.40. The average molecular weight is 297 g/mol. The Morgan fingerprint density at radius 1 is 0.947 bits per heavy atom. The Kier molecular flexibility index (Phi) is 6.75. The van der Waals surface area contributed by atoms with Crippen molar-refractivity contribution < 1.29 is 4.74 Å². The number of hydrogen-bond acceptors (Lipinski definition) is 1. The minimum atomic E-state index is 0.377. The van der Waals surface area contributed by atoms with Crippen molar-refractivity contribution in [2.24, 2.45) is 0 Å². The lowest BCUT2D eigenvalue weighted by molar-refractivity contribution is 0.306. The summed E-state index contributed by atoms with van der Waals surface area (Å²) in [5, 5.41) is 1.26. The molecule has 0 N–H and O–H groups in total. The molecule has 0 heterocycles. The maximum Gasteiger partial charge on any atom is 0.120 e. The molecular formula is C16H18Cl2O. The monoisotopic (exact) mass is 296 g/mol. The van der Waals surface area contributed by atoms with Gasteiger partial charge in [0.25, 0.3) is 0 Å². The van der Waals surface area contributed by atoms with E-state index in [1.807, 2.05) is 63.2 Å². The molecule has 0 amide bonds. The molecule has 0 saturated carbocycles. The van der Waals surface area contributed by atoms with Crippen LogP contribution in [0.2, 0.25) is 10.0 Å². The highest BCUT2D eigenvalue weighted by molar-refractivity contribution is 6.35. The van der Waals surface area contributed by atoms with Crippen LogP contribution in [0, 0.1) is 6.92 Å². The van der Waals surface area contributed by atoms with Crippen LogP contribution in [0.4, 0.5) is 0 Å². The predicted molar refractivity (Wildman–Crippen MR) is 83.3 cm³/mol. The molecule has 0 bridgehead atoms. The van der Waals surface area contributed by atoms with E-state index in [1.54, 1.807) is 0 Å². The summed E-state index contributed by atoms with van der Waals surface area (Å²) in [7, 11) is 0. The third-order valence-electron chi connectivity index (χ3n) is 2.43. The Hall–Kier alpha value is -1.18. The van der Waals surface area contributed by atoms with E-state index in [2.05, 4.69) is 0 Å². The Morgan fingerprint density at radius 3 is 2.11 bits per heavy atom. The largest absolute Gasteiger partial charge is 0.489 e. The molecule has 0 radical (unpaired) electrons. The summed E-state index contributed by atoms with van der Waals surface area (Å²) in [5.74, 6) is 0.820. The van der Waals surface area contributed by atoms with E-state index in [4.69, 9.17) is 27.9 Å². The minimum absolute atomic E-state index is 0.377. The number of benzene rings is 2. The second-order valence-electron chi connectivity index (χ2n) is 3.81. The van der Waals surface area contributed by atoms with Crippen molar-refractivity contribution in [1.82, 2.24) is 0 Å². The molecule has 19 heavy (non-hydrogen) atoms. The highest BCUT2D eigenvalue weighted by atomic mass is 35.5. The van der Waals surface area contributed by atoms with Crippen molar-refractivity contribution in [3.05, 3.63) is 63.6 Å². The fraction of sp³-hybridized carbons (Fsp3) is 0.250. The van der Waals surface area contributed by atoms with Gasteiger partial charge in [0.05, 0.1) is 0 Å². The van der Waals surface area contributed by atoms with Crippen LogP contribution < -0.4 is 4.74 Å². The number of ether oxygens (including phenoxy) is 1. The van der Waals surface area contributed by atoms with Gasteiger partial charge in [0, 0.05) is 15.6 Å². The zero-order chi connectivity index (χ0) is 14.3. The molecule has 0 spiro atoms. The summed E-state index contributed by atoms with van der Waals surface area (Å²) >= 11 is 12.1. The first-order chi connectivity index (χ1) is 9.16. The highest BCUT2D eigenvalue weighted by Crippen LogP contribution is 2.25. The molecule has 0 aliphatic heterocycles. The van der Waals surface area contributed by atoms with E-state index in [0.717, 1.165) is 16.9 Å². The second kappa shape index (κ2) is 8.08. The topological polar surface area (TPSA) is 9.23 Å². The summed E-state index contributed by atoms with van der Waals surface area (Å²) in [4.78, 5) is 0. The normalized spacial score (nSPS) is 9.53. The molecule has 0 unspecified atom stereocenters. The molecule has 1 nitrogen and oxygen atoms in total. The second-order valence-corrected chi connectivity index (χ2v) is 4.62. The van der Waals surface area contributed by atoms with Gasteiger partial charge >= 0.3 is 0 Å². The zero-order valence-electron chi connectivity index (χ0n) is 11.4. The van der Waals surface area contributed by atoms with E-state index in [-0.39, 0.29) is 0 Å². The highest BCUT2D eigenvalue weighted by Gasteiger charge is 2.06. The molecule has 102 valence electrons. The first kappa shape index (κ1) is 15.9. The lowest BCUT2D eigenvalue weighted by Gasteiger charge is -2.09. The van der Waals surface area contributed by atoms with Crippen molar-refractivity contribution >= 4 is 23.2 Å². The molecule has 0 saturated heterocycles. The fourth-order valence-electron chi connectivity index (χ4n) is 1.53. The lowest BCUT2D eigenvalue weighted by atomic mass is 10.2. The first-order valence-electron chi connectivity index (χ1n) is 6.29. The predicted octanol–water partition coefficient (Wildman–Crippen LogP) is 5.91. The number of halogens is 2. The van der Waals surface area contributed by atoms with E-state index in [1.165, 1.54) is 0 Å². The Balaban J connectivity index is 0.000000861. The smallest absolute Gasteiger partial charge is 0.120 e. The van der Waals surface area contributed by atoms with Gasteiger partial charge in [-0.1, -0.05) is 55.2 Å². The van der Waals surface area contributed by atoms with Crippen molar-refractivity contribution in [2.45, 2.75) is 27.4 Å². The molecule has 2 aromatic carbocycles. The van der Waals surface area contributed by atoms with E-state index < -0.39 is 0 Å². The van der Waals surface area contributed by atoms with Gasteiger partial charge in [-0.3, -0.25) is 0 Å². The van der Waals surface area contributed by atoms with Gasteiger partial charge < -0.3 is 4.74 Å². The van der Waals surface area contributed by atoms with Gasteiger partial charge in [0.15, 0.2) is 0 Å². The van der Waals surface area contributed by atoms with E-state index in [9.17, 15) is 0 Å². The zero-order valence-corrected chi connectivity index (χ0v) is 12.9. The van der Waals surface area contributed by atoms with Crippen LogP contribution in [0.25, 0.3) is 0 Å². The lowest BCUT2D eigenvalue weighted by Crippen LogP contribution is -1.97. The van der Waals surface area contributed by atoms with Gasteiger partial charge in [-0.25, -0.2) is 0 Å². The number of aryl methyl sites for hydroxylation is 1. The molecular weight excluding hydrogens is 279 g/mol. The van der Waals surface area contributed by atoms with Crippen LogP contribution in [0.5, 0.6) is 5.75 Å². The van der Waals surface area contributed by atoms with Crippen molar-refractivity contribution in [2.75, 3.05) is 0 Å². The van der Waals surface area contributed by atoms with Gasteiger partial charge in [-0.2, -0.15) is 0 Å². The van der Waals surface area contributed by atoms with Gasteiger partial charge in [0.1, 0.15) is 12.4 Å². The van der Waals surface area contributed by atoms with Crippen LogP contribution in [0.15, 0.2) is 42.5 Å². The Morgan fingerprint density at radius 2 is 1.53 bits per heavy atom. The standard InChI is InChI=1S/C14H12Cl2O.C2H6/c1-10-4-2-5-11(8-10)17-9-12-13(15)6-3-7-14(12)16;1-2/h2-8H,9H2,1H3;1-2H3. The summed E-state index contributed by atoms with van der Waals surface area (Å²) < 4.78 is 5.67. The summed E-state index contributed by atoms with van der Waals surface area (Å²) in [6, 6.07) is 13.3. The minimum Gasteiger partial charge on any atom is -0.489 e. The maximum atomic E-state index is 6.06. The third-order valence-corrected chi connectivity index (χ3v) is 3.14. The van der Waals surface area contributed by atoms with Gasteiger partial charge in [-0.15, -0.1) is 0 Å². The number of hydrogen-bond donors (Lipinski definition) is 0. The molecule has 2 aromatic rings. The van der Waals surface area contributed by atoms with Gasteiger partial charge in [-0.05, 0) is 36.8 Å². The SMILES string of the molecule is CC.Cc1cccc(OCc2c(Cl)cccc2Cl)c1. The molecule has 0 aliphatic carbocycles. The molecule has 0 fully saturated rings. The van der Waals surface area contributed by atoms with E-state index >= 15 is 0 Å². The molecule has 0 atom stereocenters. The maximum absolute atomic E-state index is 6.06. The van der Waals surface area contributed by atoms with Crippen LogP contribution in [0.1, 0.15) is 25.0 Å². The summed E-state index contributed by atoms with van der Waals surface area (Å²) in [5.41, 5.74) is 1.98. The van der Waals surface area contributed by atoms with Crippen LogP contribution >= 0.6 is 23.2 Å². The van der Waals surface area contributed by atoms with Crippen LogP contribution in [-0.4, -0.2) is 0 Å². The number of rotatable bonds is 3. The van der Waals surface area contributed by atoms with E-state index in [0.29, 0.717) is 16.7 Å². The molecule has 3 heteroatoms. The van der Waals surface area contributed by atoms with Crippen molar-refractivity contribution in [1.29, 1.82) is 0 Å². The Bertz CT molecular complexity index is 504. The quantitative estimate of drug-likeness (QED) is 0.684. The van der Waals surface area contributed by atoms with Crippen molar-refractivity contribution in [3.8, 4) is 5.75 Å². The van der Waals surface area contributed by atoms with Crippen LogP contribution in [-0.2, 0) is 6.61 Å². The first-order valence-corrected chi connectivity index (χ1v) is 7.05. The van der Waals surface area contributed by atoms with Crippen molar-refractivity contribution in [3.63, 3.8) is 0 Å². The molecule has 2 rings (SSSR count). The third kappa shape index (κ3) is 4.77.